The Morgan fingerprint density at radius 3 is 1.86 bits per heavy atom. The summed E-state index contributed by atoms with van der Waals surface area (Å²) in [6, 6.07) is -0.835. The third kappa shape index (κ3) is 23.7. The topological polar surface area (TPSA) is 149 Å². The lowest BCUT2D eigenvalue weighted by molar-refractivity contribution is -0.302. The highest BCUT2D eigenvalue weighted by atomic mass is 16.7. The average Bonchev–Trinajstić information content (AvgIpc) is 3.13. The lowest BCUT2D eigenvalue weighted by Gasteiger charge is -2.40. The normalized spacial score (nSPS) is 22.8. The van der Waals surface area contributed by atoms with Crippen molar-refractivity contribution in [3.63, 3.8) is 0 Å². The Labute approximate surface area is 308 Å². The van der Waals surface area contributed by atoms with Crippen molar-refractivity contribution in [1.82, 2.24) is 5.32 Å². The average molecular weight is 718 g/mol. The minimum absolute atomic E-state index is 0.216. The van der Waals surface area contributed by atoms with Gasteiger partial charge in [-0.1, -0.05) is 125 Å². The number of aliphatic hydroxyl groups excluding tert-OH is 5. The molecule has 0 aliphatic carbocycles. The zero-order valence-corrected chi connectivity index (χ0v) is 31.6. The molecule has 292 valence electrons. The van der Waals surface area contributed by atoms with Crippen LogP contribution >= 0.6 is 0 Å². The van der Waals surface area contributed by atoms with Gasteiger partial charge in [-0.3, -0.25) is 4.79 Å². The van der Waals surface area contributed by atoms with E-state index in [9.17, 15) is 30.3 Å². The Hall–Kier alpha value is -2.37. The molecule has 1 fully saturated rings. The van der Waals surface area contributed by atoms with Gasteiger partial charge in [-0.2, -0.15) is 0 Å². The number of rotatable bonds is 30. The van der Waals surface area contributed by atoms with E-state index in [1.54, 1.807) is 6.08 Å². The molecule has 1 rings (SSSR count). The Morgan fingerprint density at radius 1 is 0.686 bits per heavy atom. The van der Waals surface area contributed by atoms with Crippen LogP contribution in [-0.4, -0.2) is 87.5 Å². The maximum Gasteiger partial charge on any atom is 0.220 e. The molecule has 0 saturated carbocycles. The van der Waals surface area contributed by atoms with E-state index in [2.05, 4.69) is 79.9 Å². The van der Waals surface area contributed by atoms with Gasteiger partial charge in [0, 0.05) is 6.42 Å². The first kappa shape index (κ1) is 46.7. The molecule has 0 bridgehead atoms. The van der Waals surface area contributed by atoms with Crippen LogP contribution < -0.4 is 5.32 Å². The Kier molecular flexibility index (Phi) is 29.5. The van der Waals surface area contributed by atoms with E-state index >= 15 is 0 Å². The zero-order chi connectivity index (χ0) is 37.4. The summed E-state index contributed by atoms with van der Waals surface area (Å²) >= 11 is 0. The quantitative estimate of drug-likeness (QED) is 0.0342. The first-order valence-corrected chi connectivity index (χ1v) is 19.7. The molecular weight excluding hydrogens is 646 g/mol. The van der Waals surface area contributed by atoms with Crippen LogP contribution in [0.1, 0.15) is 129 Å². The number of unbranched alkanes of at least 4 members (excludes halogenated alkanes) is 10. The van der Waals surface area contributed by atoms with Crippen LogP contribution in [0.2, 0.25) is 0 Å². The minimum Gasteiger partial charge on any atom is -0.394 e. The van der Waals surface area contributed by atoms with E-state index in [0.717, 1.165) is 77.0 Å². The van der Waals surface area contributed by atoms with Crippen molar-refractivity contribution >= 4 is 5.91 Å². The first-order chi connectivity index (χ1) is 24.8. The van der Waals surface area contributed by atoms with Crippen LogP contribution in [0.5, 0.6) is 0 Å². The lowest BCUT2D eigenvalue weighted by atomic mass is 9.99. The highest BCUT2D eigenvalue weighted by molar-refractivity contribution is 5.76. The summed E-state index contributed by atoms with van der Waals surface area (Å²) in [5.74, 6) is -0.217. The number of hydrogen-bond donors (Lipinski definition) is 6. The van der Waals surface area contributed by atoms with Gasteiger partial charge in [0.15, 0.2) is 6.29 Å². The van der Waals surface area contributed by atoms with Crippen LogP contribution in [-0.2, 0) is 14.3 Å². The monoisotopic (exact) mass is 718 g/mol. The van der Waals surface area contributed by atoms with E-state index in [0.29, 0.717) is 6.42 Å². The molecule has 0 aromatic heterocycles. The number of allylic oxidation sites excluding steroid dienone is 11. The lowest BCUT2D eigenvalue weighted by Crippen LogP contribution is -2.60. The minimum atomic E-state index is -1.58. The molecule has 9 heteroatoms. The fourth-order valence-electron chi connectivity index (χ4n) is 5.57. The van der Waals surface area contributed by atoms with Crippen molar-refractivity contribution in [1.29, 1.82) is 0 Å². The molecule has 9 nitrogen and oxygen atoms in total. The van der Waals surface area contributed by atoms with Crippen molar-refractivity contribution in [2.24, 2.45) is 0 Å². The number of nitrogens with one attached hydrogen (secondary N) is 1. The Balaban J connectivity index is 2.48. The summed E-state index contributed by atoms with van der Waals surface area (Å²) in [5.41, 5.74) is 0. The van der Waals surface area contributed by atoms with Gasteiger partial charge in [-0.05, 0) is 70.6 Å². The number of amides is 1. The predicted molar refractivity (Wildman–Crippen MR) is 207 cm³/mol. The third-order valence-electron chi connectivity index (χ3n) is 8.76. The van der Waals surface area contributed by atoms with Gasteiger partial charge >= 0.3 is 0 Å². The molecule has 0 radical (unpaired) electrons. The van der Waals surface area contributed by atoms with Crippen LogP contribution in [0.3, 0.4) is 0 Å². The number of aliphatic hydroxyl groups is 5. The van der Waals surface area contributed by atoms with E-state index in [4.69, 9.17) is 9.47 Å². The largest absolute Gasteiger partial charge is 0.394 e. The summed E-state index contributed by atoms with van der Waals surface area (Å²) < 4.78 is 11.1. The Bertz CT molecular complexity index is 1020. The fraction of sp³-hybridized carbons (Fsp3) is 0.690. The van der Waals surface area contributed by atoms with Crippen LogP contribution in [0.25, 0.3) is 0 Å². The molecule has 7 atom stereocenters. The predicted octanol–water partition coefficient (Wildman–Crippen LogP) is 7.05. The molecule has 0 aromatic rings. The van der Waals surface area contributed by atoms with Gasteiger partial charge in [-0.25, -0.2) is 0 Å². The third-order valence-corrected chi connectivity index (χ3v) is 8.76. The van der Waals surface area contributed by atoms with Gasteiger partial charge in [0.1, 0.15) is 24.4 Å². The van der Waals surface area contributed by atoms with E-state index in [1.807, 2.05) is 6.08 Å². The standard InChI is InChI=1S/C42H71NO8/c1-3-5-7-9-11-13-15-16-17-18-19-20-22-24-26-28-30-32-38(46)43-35(34-50-42-41(49)40(48)39(47)37(33-44)51-42)36(45)31-29-27-25-23-21-14-12-10-8-6-4-2/h5,7,11,13,16-17,19-21,23,29,31,35-37,39-42,44-45,47-49H,3-4,6,8-10,12,14-15,18,22,24-28,30,32-34H2,1-2H3,(H,43,46)/b7-5-,13-11-,17-16-,20-19-,23-21+,31-29+. The molecule has 0 aromatic carbocycles. The summed E-state index contributed by atoms with van der Waals surface area (Å²) in [6.07, 6.45) is 35.2. The molecule has 1 aliphatic heterocycles. The molecule has 1 heterocycles. The summed E-state index contributed by atoms with van der Waals surface area (Å²) in [4.78, 5) is 12.9. The molecule has 6 N–H and O–H groups in total. The first-order valence-electron chi connectivity index (χ1n) is 19.7. The van der Waals surface area contributed by atoms with Crippen LogP contribution in [0.4, 0.5) is 0 Å². The van der Waals surface area contributed by atoms with Gasteiger partial charge in [0.05, 0.1) is 25.4 Å². The van der Waals surface area contributed by atoms with E-state index < -0.39 is 49.5 Å². The summed E-state index contributed by atoms with van der Waals surface area (Å²) in [7, 11) is 0. The fourth-order valence-corrected chi connectivity index (χ4v) is 5.57. The number of carbonyl (C=O) groups is 1. The molecule has 1 aliphatic rings. The van der Waals surface area contributed by atoms with Gasteiger partial charge in [0.2, 0.25) is 5.91 Å². The smallest absolute Gasteiger partial charge is 0.220 e. The van der Waals surface area contributed by atoms with Crippen molar-refractivity contribution in [2.75, 3.05) is 13.2 Å². The highest BCUT2D eigenvalue weighted by Crippen LogP contribution is 2.22. The maximum absolute atomic E-state index is 12.9. The Morgan fingerprint density at radius 2 is 1.24 bits per heavy atom. The molecular formula is C42H71NO8. The molecule has 1 amide bonds. The number of hydrogen-bond acceptors (Lipinski definition) is 8. The van der Waals surface area contributed by atoms with Gasteiger partial charge in [-0.15, -0.1) is 0 Å². The number of ether oxygens (including phenoxy) is 2. The van der Waals surface area contributed by atoms with Crippen molar-refractivity contribution in [3.05, 3.63) is 72.9 Å². The second kappa shape index (κ2) is 32.3. The summed E-state index contributed by atoms with van der Waals surface area (Å²) in [5, 5.41) is 53.9. The molecule has 0 spiro atoms. The van der Waals surface area contributed by atoms with Crippen LogP contribution in [0.15, 0.2) is 72.9 Å². The van der Waals surface area contributed by atoms with Crippen LogP contribution in [0, 0.1) is 0 Å². The zero-order valence-electron chi connectivity index (χ0n) is 31.6. The SMILES string of the molecule is CC/C=C\C/C=C\C/C=C\C/C=C\CCCCCCC(=O)NC(COC1OC(CO)C(O)C(O)C1O)C(O)/C=C/CC/C=C/CCCCCCC. The summed E-state index contributed by atoms with van der Waals surface area (Å²) in [6.45, 7) is 3.56. The van der Waals surface area contributed by atoms with Gasteiger partial charge in [0.25, 0.3) is 0 Å². The van der Waals surface area contributed by atoms with Gasteiger partial charge < -0.3 is 40.3 Å². The van der Waals surface area contributed by atoms with Crippen molar-refractivity contribution in [2.45, 2.75) is 172 Å². The second-order valence-electron chi connectivity index (χ2n) is 13.3. The molecule has 51 heavy (non-hydrogen) atoms. The van der Waals surface area contributed by atoms with E-state index in [-0.39, 0.29) is 12.5 Å². The number of carbonyl (C=O) groups excluding carboxylic acids is 1. The second-order valence-corrected chi connectivity index (χ2v) is 13.3. The highest BCUT2D eigenvalue weighted by Gasteiger charge is 2.44. The molecule has 1 saturated heterocycles. The van der Waals surface area contributed by atoms with Crippen molar-refractivity contribution in [3.8, 4) is 0 Å². The van der Waals surface area contributed by atoms with E-state index in [1.165, 1.54) is 32.1 Å². The maximum atomic E-state index is 12.9. The van der Waals surface area contributed by atoms with Crippen molar-refractivity contribution < 1.29 is 39.8 Å². The molecule has 7 unspecified atom stereocenters.